The van der Waals surface area contributed by atoms with Crippen LogP contribution in [0.1, 0.15) is 135 Å². The number of nitrogens with zero attached hydrogens (tertiary/aromatic N) is 10. The first-order valence-corrected chi connectivity index (χ1v) is 47.5. The third kappa shape index (κ3) is 25.1. The Labute approximate surface area is 822 Å². The number of fused-ring (bicyclic) bond motifs is 5. The van der Waals surface area contributed by atoms with E-state index in [1.165, 1.54) is 101 Å². The first-order chi connectivity index (χ1) is 68.2. The molecule has 7 aromatic heterocycles. The van der Waals surface area contributed by atoms with E-state index < -0.39 is 55.5 Å². The molecule has 2 aliphatic carbocycles. The second-order valence-electron chi connectivity index (χ2n) is 36.0. The van der Waals surface area contributed by atoms with Gasteiger partial charge in [-0.05, 0) is 217 Å². The van der Waals surface area contributed by atoms with Crippen molar-refractivity contribution in [2.45, 2.75) is 153 Å². The van der Waals surface area contributed by atoms with Gasteiger partial charge in [0.2, 0.25) is 11.8 Å². The van der Waals surface area contributed by atoms with Gasteiger partial charge in [0, 0.05) is 89.6 Å². The number of halogens is 12. The smallest absolute Gasteiger partial charge is 0.437 e. The number of imidazole rings is 1. The molecule has 0 bridgehead atoms. The second-order valence-corrected chi connectivity index (χ2v) is 38.9. The number of hydrogen-bond donors (Lipinski definition) is 8. The van der Waals surface area contributed by atoms with Crippen LogP contribution in [-0.2, 0) is 68.0 Å². The Morgan fingerprint density at radius 1 is 0.569 bits per heavy atom. The summed E-state index contributed by atoms with van der Waals surface area (Å²) in [5.74, 6) is 1.88. The Balaban J connectivity index is 0.000000136. The van der Waals surface area contributed by atoms with Crippen LogP contribution in [0.2, 0.25) is 0 Å². The van der Waals surface area contributed by atoms with Crippen LogP contribution in [0.4, 0.5) is 103 Å². The molecule has 2 atom stereocenters. The Morgan fingerprint density at radius 3 is 1.89 bits per heavy atom. The first-order valence-electron chi connectivity index (χ1n) is 45.2. The number of aromatic amines is 1. The molecule has 4 amide bonds. The SMILES string of the molecule is CC(=O)Nc1nc2c(Oc3cc(-c4ccc(C(F)(F)F)cc4)ncn3)cccc2s1.CC(C)(C)c1ccc(Nc2ncnc3cc(-c4ncccc4C(F)(F)F)ccc23)cc1.CC(C)(C)c1ccc2c(c1)CC[C@H]2NC(=O)Nc1cccc2[nH]cnc12.Cc1cccnc1N1CC=C(C(=O)Nc2ccc(S(=O)(=O)C(F)(F)F)cc2)CC1.Cc1nc(Nc2cccc3c2C[C@H](O)CC3)oc1-c1ccc(C(F)(F)F)cc1. The lowest BCUT2D eigenvalue weighted by Crippen LogP contribution is -2.32. The summed E-state index contributed by atoms with van der Waals surface area (Å²) in [7, 11) is -5.41. The minimum atomic E-state index is -5.41. The van der Waals surface area contributed by atoms with Crippen LogP contribution >= 0.6 is 11.3 Å². The molecular formula is C105H95F12N17O8S2. The van der Waals surface area contributed by atoms with E-state index in [2.05, 4.69) is 154 Å². The molecule has 0 fully saturated rings. The Morgan fingerprint density at radius 2 is 1.22 bits per heavy atom. The number of amides is 4. The molecular weight excluding hydrogens is 1920 g/mol. The number of benzene rings is 9. The van der Waals surface area contributed by atoms with Gasteiger partial charge in [-0.2, -0.15) is 57.7 Å². The monoisotopic (exact) mass is 2010 g/mol. The number of ether oxygens (including phenoxy) is 1. The molecule has 144 heavy (non-hydrogen) atoms. The number of thiazole rings is 1. The molecule has 16 aromatic rings. The number of urea groups is 1. The number of nitrogens with one attached hydrogen (secondary N) is 7. The van der Waals surface area contributed by atoms with E-state index in [1.54, 1.807) is 55.9 Å². The molecule has 8 heterocycles. The molecule has 9 aromatic carbocycles. The lowest BCUT2D eigenvalue weighted by molar-refractivity contribution is -0.138. The van der Waals surface area contributed by atoms with Crippen LogP contribution in [0.3, 0.4) is 0 Å². The molecule has 0 unspecified atom stereocenters. The Kier molecular flexibility index (Phi) is 30.5. The highest BCUT2D eigenvalue weighted by Gasteiger charge is 2.47. The molecule has 39 heteroatoms. The van der Waals surface area contributed by atoms with Crippen molar-refractivity contribution in [2.75, 3.05) is 44.6 Å². The normalized spacial score (nSPS) is 14.3. The number of aryl methyl sites for hydroxylation is 4. The van der Waals surface area contributed by atoms with E-state index in [0.717, 1.165) is 124 Å². The van der Waals surface area contributed by atoms with Crippen LogP contribution in [0.15, 0.2) is 271 Å². The molecule has 744 valence electrons. The van der Waals surface area contributed by atoms with Crippen molar-refractivity contribution in [3.05, 3.63) is 323 Å². The van der Waals surface area contributed by atoms with Crippen molar-refractivity contribution in [3.63, 3.8) is 0 Å². The molecule has 8 N–H and O–H groups in total. The van der Waals surface area contributed by atoms with Gasteiger partial charge in [0.05, 0.1) is 78.6 Å². The van der Waals surface area contributed by atoms with Crippen LogP contribution in [0.25, 0.3) is 66.0 Å². The maximum Gasteiger partial charge on any atom is 0.501 e. The van der Waals surface area contributed by atoms with Gasteiger partial charge in [-0.1, -0.05) is 150 Å². The van der Waals surface area contributed by atoms with E-state index in [4.69, 9.17) is 9.15 Å². The lowest BCUT2D eigenvalue weighted by atomic mass is 9.85. The number of alkyl halides is 12. The standard InChI is InChI=1S/C24H21F3N4.C21H19F3N2O2.C21H24N4O.C20H13F3N4O2S.C19H18F3N3O3S/c1-23(2,3)16-7-9-17(10-8-16)31-22-18-11-6-15(13-20(18)29-14-30-22)21-19(24(25,26)27)5-4-12-28-21;1-12-19(14-5-8-15(9-6-14)21(22,23)24)28-20(25-12)26-18-4-2-3-13-7-10-16(27)11-17(13)18;1-21(2,3)14-8-9-15-13(11-14)7-10-16(15)24-20(26)25-18-6-4-5-17-19(18)23-12-22-17;1-11(28)26-19-27-18-15(3-2-4-16(18)30-19)29-17-9-14(24-10-25-17)12-5-7-13(8-6-12)20(21,22)23;1-13-3-2-10-23-17(13)25-11-8-14(9-12-25)18(26)24-15-4-6-16(7-5-15)29(27,28)19(20,21)22/h4-14H,1-3H3,(H,29,30,31);2-6,8-9,16,27H,7,10-11H2,1H3,(H,25,26);4-6,8-9,11-12,16H,7,10H2,1-3H3,(H,22,23)(H2,24,25,26);2-10H,1H3,(H,26,27,28);2-8,10H,9,11-12H2,1H3,(H,24,26)/t;2*16-;;/m.11../s1. The molecule has 1 aliphatic heterocycles. The number of hydrogen-bond acceptors (Lipinski definition) is 21. The van der Waals surface area contributed by atoms with Crippen LogP contribution in [-0.4, -0.2) is 106 Å². The van der Waals surface area contributed by atoms with Gasteiger partial charge >= 0.3 is 30.1 Å². The summed E-state index contributed by atoms with van der Waals surface area (Å²) in [4.78, 5) is 78.5. The fraction of sp³-hybridized carbons (Fsp3) is 0.238. The van der Waals surface area contributed by atoms with Crippen molar-refractivity contribution in [1.29, 1.82) is 0 Å². The molecule has 19 rings (SSSR count). The van der Waals surface area contributed by atoms with Crippen molar-refractivity contribution < 1.29 is 89.7 Å². The van der Waals surface area contributed by atoms with Crippen molar-refractivity contribution in [3.8, 4) is 45.5 Å². The van der Waals surface area contributed by atoms with Crippen LogP contribution < -0.4 is 41.5 Å². The third-order valence-electron chi connectivity index (χ3n) is 23.6. The summed E-state index contributed by atoms with van der Waals surface area (Å²) >= 11 is 1.31. The minimum Gasteiger partial charge on any atom is -0.437 e. The maximum absolute atomic E-state index is 13.4. The van der Waals surface area contributed by atoms with E-state index in [9.17, 15) is 80.6 Å². The number of aromatic nitrogens is 10. The van der Waals surface area contributed by atoms with Crippen LogP contribution in [0.5, 0.6) is 11.6 Å². The largest absolute Gasteiger partial charge is 0.501 e. The van der Waals surface area contributed by atoms with E-state index >= 15 is 0 Å². The van der Waals surface area contributed by atoms with Gasteiger partial charge in [0.25, 0.3) is 21.8 Å². The predicted molar refractivity (Wildman–Crippen MR) is 529 cm³/mol. The van der Waals surface area contributed by atoms with E-state index in [-0.39, 0.29) is 64.1 Å². The highest BCUT2D eigenvalue weighted by Crippen LogP contribution is 2.43. The summed E-state index contributed by atoms with van der Waals surface area (Å²) in [5, 5.41) is 28.8. The Bertz CT molecular complexity index is 7520. The highest BCUT2D eigenvalue weighted by atomic mass is 32.2. The molecule has 0 saturated carbocycles. The lowest BCUT2D eigenvalue weighted by Gasteiger charge is -2.28. The van der Waals surface area contributed by atoms with Gasteiger partial charge in [-0.25, -0.2) is 48.1 Å². The zero-order chi connectivity index (χ0) is 103. The molecule has 3 aliphatic rings. The number of rotatable bonds is 16. The summed E-state index contributed by atoms with van der Waals surface area (Å²) in [6.07, 6.45) is 0.00468. The summed E-state index contributed by atoms with van der Waals surface area (Å²) < 4.78 is 190. The zero-order valence-electron chi connectivity index (χ0n) is 78.7. The number of anilines is 8. The predicted octanol–water partition coefficient (Wildman–Crippen LogP) is 25.7. The fourth-order valence-corrected chi connectivity index (χ4v) is 17.8. The quantitative estimate of drug-likeness (QED) is 0.0417. The number of aliphatic hydroxyl groups is 1. The highest BCUT2D eigenvalue weighted by molar-refractivity contribution is 7.92. The summed E-state index contributed by atoms with van der Waals surface area (Å²) in [5.41, 5.74) is 9.11. The van der Waals surface area contributed by atoms with Gasteiger partial charge in [-0.3, -0.25) is 14.6 Å². The molecule has 0 saturated heterocycles. The number of pyridine rings is 2. The number of oxazole rings is 1. The maximum atomic E-state index is 13.4. The second kappa shape index (κ2) is 42.7. The molecule has 0 radical (unpaired) electrons. The number of carbonyl (C=O) groups excluding carboxylic acids is 3. The molecule has 25 nitrogen and oxygen atoms in total. The molecule has 0 spiro atoms. The van der Waals surface area contributed by atoms with Gasteiger partial charge in [0.1, 0.15) is 35.3 Å². The van der Waals surface area contributed by atoms with E-state index in [1.807, 2.05) is 78.6 Å². The fourth-order valence-electron chi connectivity index (χ4n) is 16.1. The number of para-hydroxylation sites is 2. The Hall–Kier alpha value is -15.5. The first kappa shape index (κ1) is 103. The summed E-state index contributed by atoms with van der Waals surface area (Å²) in [6.45, 7) is 19.3. The van der Waals surface area contributed by atoms with Crippen molar-refractivity contribution in [2.24, 2.45) is 0 Å². The van der Waals surface area contributed by atoms with Crippen molar-refractivity contribution >= 4 is 117 Å². The number of aliphatic hydroxyl groups excluding tert-OH is 1. The average molecular weight is 2020 g/mol. The number of sulfone groups is 1. The van der Waals surface area contributed by atoms with E-state index in [0.29, 0.717) is 104 Å². The zero-order valence-corrected chi connectivity index (χ0v) is 80.3. The van der Waals surface area contributed by atoms with Gasteiger partial charge in [0.15, 0.2) is 16.6 Å². The topological polar surface area (TPSA) is 335 Å². The number of H-pyrrole nitrogens is 1. The van der Waals surface area contributed by atoms with Gasteiger partial charge < -0.3 is 56.0 Å². The minimum absolute atomic E-state index is 0.0529. The average Bonchev–Trinajstić information content (AvgIpc) is 0.962. The number of carbonyl (C=O) groups is 3. The van der Waals surface area contributed by atoms with Crippen molar-refractivity contribution in [1.82, 2.24) is 55.2 Å². The third-order valence-corrected chi connectivity index (χ3v) is 26.1. The summed E-state index contributed by atoms with van der Waals surface area (Å²) in [6, 6.07) is 57.7. The van der Waals surface area contributed by atoms with Gasteiger partial charge in [-0.15, -0.1) is 0 Å². The van der Waals surface area contributed by atoms with Crippen LogP contribution in [0, 0.1) is 13.8 Å².